The summed E-state index contributed by atoms with van der Waals surface area (Å²) in [5.74, 6) is 0. The zero-order valence-electron chi connectivity index (χ0n) is 12.3. The van der Waals surface area contributed by atoms with Gasteiger partial charge in [0.25, 0.3) is 0 Å². The minimum atomic E-state index is -3.31. The quantitative estimate of drug-likeness (QED) is 0.238. The van der Waals surface area contributed by atoms with E-state index in [1.807, 2.05) is 0 Å². The summed E-state index contributed by atoms with van der Waals surface area (Å²) in [7, 11) is -3.31. The van der Waals surface area contributed by atoms with E-state index in [-0.39, 0.29) is 0 Å². The summed E-state index contributed by atoms with van der Waals surface area (Å²) < 4.78 is 28.0. The molecule has 0 aromatic carbocycles. The zero-order chi connectivity index (χ0) is 15.0. The van der Waals surface area contributed by atoms with Crippen molar-refractivity contribution in [2.24, 2.45) is 0 Å². The van der Waals surface area contributed by atoms with Crippen molar-refractivity contribution in [1.82, 2.24) is 0 Å². The lowest BCUT2D eigenvalue weighted by Crippen LogP contribution is -2.03. The molecule has 118 valence electrons. The Morgan fingerprint density at radius 1 is 0.737 bits per heavy atom. The molecule has 0 heterocycles. The van der Waals surface area contributed by atoms with Crippen LogP contribution < -0.4 is 0 Å². The van der Waals surface area contributed by atoms with Gasteiger partial charge in [0.15, 0.2) is 0 Å². The zero-order valence-corrected chi connectivity index (χ0v) is 13.2. The second kappa shape index (κ2) is 16.1. The maximum Gasteiger partial charge on any atom is 0.474 e. The van der Waals surface area contributed by atoms with Crippen molar-refractivity contribution < 1.29 is 28.7 Å². The minimum absolute atomic E-state index is 0.437. The Morgan fingerprint density at radius 3 is 1.21 bits per heavy atom. The monoisotopic (exact) mass is 300 g/mol. The molecule has 0 aliphatic heterocycles. The molecule has 2 N–H and O–H groups in total. The van der Waals surface area contributed by atoms with Crippen molar-refractivity contribution in [3.05, 3.63) is 0 Å². The summed E-state index contributed by atoms with van der Waals surface area (Å²) in [6.07, 6.45) is 5.63. The van der Waals surface area contributed by atoms with Crippen LogP contribution in [0.3, 0.4) is 0 Å². The number of phosphoric ester groups is 1. The van der Waals surface area contributed by atoms with Crippen molar-refractivity contribution in [3.63, 3.8) is 0 Å². The van der Waals surface area contributed by atoms with Crippen LogP contribution in [0.4, 0.5) is 0 Å². The molecule has 0 fully saturated rings. The van der Waals surface area contributed by atoms with E-state index in [4.69, 9.17) is 24.1 Å². The van der Waals surface area contributed by atoms with Gasteiger partial charge in [-0.15, -0.1) is 0 Å². The molecule has 0 atom stereocenters. The molecule has 0 saturated heterocycles. The van der Waals surface area contributed by atoms with Crippen molar-refractivity contribution in [2.75, 3.05) is 19.8 Å². The Kier molecular flexibility index (Phi) is 18.1. The molecular formula is C12H29O6P. The van der Waals surface area contributed by atoms with Crippen LogP contribution in [0.25, 0.3) is 0 Å². The summed E-state index contributed by atoms with van der Waals surface area (Å²) in [5, 5.41) is 12.0. The van der Waals surface area contributed by atoms with Gasteiger partial charge in [0.05, 0.1) is 19.8 Å². The maximum absolute atomic E-state index is 12.2. The van der Waals surface area contributed by atoms with Gasteiger partial charge < -0.3 is 0 Å². The average Bonchev–Trinajstić information content (AvgIpc) is 2.42. The Balaban J connectivity index is 0. The Labute approximate surface area is 116 Å². The molecule has 0 radical (unpaired) electrons. The first kappa shape index (κ1) is 21.3. The third-order valence-electron chi connectivity index (χ3n) is 2.24. The molecule has 7 heteroatoms. The van der Waals surface area contributed by atoms with E-state index in [1.54, 1.807) is 0 Å². The summed E-state index contributed by atoms with van der Waals surface area (Å²) in [5.41, 5.74) is 0. The van der Waals surface area contributed by atoms with Crippen LogP contribution in [-0.4, -0.2) is 30.3 Å². The van der Waals surface area contributed by atoms with Crippen LogP contribution in [-0.2, 0) is 18.1 Å². The Hall–Kier alpha value is 0.0300. The number of hydrogen-bond donors (Lipinski definition) is 2. The molecule has 0 unspecified atom stereocenters. The largest absolute Gasteiger partial charge is 0.474 e. The van der Waals surface area contributed by atoms with E-state index in [9.17, 15) is 4.57 Å². The topological polar surface area (TPSA) is 85.2 Å². The number of phosphoric acid groups is 1. The van der Waals surface area contributed by atoms with Crippen LogP contribution in [0.1, 0.15) is 59.3 Å². The van der Waals surface area contributed by atoms with E-state index in [1.165, 1.54) is 0 Å². The SMILES string of the molecule is CCCCOP(=O)(OCCCC)OCCCC.OO. The second-order valence-corrected chi connectivity index (χ2v) is 5.68. The molecule has 19 heavy (non-hydrogen) atoms. The van der Waals surface area contributed by atoms with Gasteiger partial charge in [-0.3, -0.25) is 24.1 Å². The smallest absolute Gasteiger partial charge is 0.287 e. The summed E-state index contributed by atoms with van der Waals surface area (Å²) in [6, 6.07) is 0. The highest BCUT2D eigenvalue weighted by atomic mass is 31.2. The van der Waals surface area contributed by atoms with Crippen molar-refractivity contribution >= 4 is 7.82 Å². The fraction of sp³-hybridized carbons (Fsp3) is 1.00. The standard InChI is InChI=1S/C12H27O4P.H2O2/c1-4-7-10-14-17(13,15-11-8-5-2)16-12-9-6-3;1-2/h4-12H2,1-3H3;1-2H. The van der Waals surface area contributed by atoms with Crippen LogP contribution >= 0.6 is 7.82 Å². The van der Waals surface area contributed by atoms with E-state index >= 15 is 0 Å². The molecule has 0 spiro atoms. The van der Waals surface area contributed by atoms with Gasteiger partial charge in [-0.2, -0.15) is 0 Å². The summed E-state index contributed by atoms with van der Waals surface area (Å²) in [4.78, 5) is 0. The third-order valence-corrected chi connectivity index (χ3v) is 3.74. The first-order chi connectivity index (χ1) is 9.18. The van der Waals surface area contributed by atoms with Crippen LogP contribution in [0.15, 0.2) is 0 Å². The molecular weight excluding hydrogens is 271 g/mol. The number of rotatable bonds is 12. The lowest BCUT2D eigenvalue weighted by Gasteiger charge is -2.17. The number of hydrogen-bond acceptors (Lipinski definition) is 6. The third kappa shape index (κ3) is 14.3. The van der Waals surface area contributed by atoms with E-state index in [0.717, 1.165) is 38.5 Å². The Bertz CT molecular complexity index is 179. The predicted molar refractivity (Wildman–Crippen MR) is 75.4 cm³/mol. The first-order valence-electron chi connectivity index (χ1n) is 6.92. The molecule has 0 rings (SSSR count). The predicted octanol–water partition coefficient (Wildman–Crippen LogP) is 4.56. The average molecular weight is 300 g/mol. The van der Waals surface area contributed by atoms with Crippen LogP contribution in [0.5, 0.6) is 0 Å². The van der Waals surface area contributed by atoms with Crippen molar-refractivity contribution in [3.8, 4) is 0 Å². The fourth-order valence-electron chi connectivity index (χ4n) is 1.07. The molecule has 0 aromatic rings. The minimum Gasteiger partial charge on any atom is -0.287 e. The van der Waals surface area contributed by atoms with Gasteiger partial charge in [-0.25, -0.2) is 4.57 Å². The highest BCUT2D eigenvalue weighted by Crippen LogP contribution is 2.49. The molecule has 0 aliphatic rings. The van der Waals surface area contributed by atoms with Gasteiger partial charge in [-0.05, 0) is 19.3 Å². The van der Waals surface area contributed by atoms with Crippen LogP contribution in [0.2, 0.25) is 0 Å². The molecule has 0 bridgehead atoms. The molecule has 0 amide bonds. The fourth-order valence-corrected chi connectivity index (χ4v) is 2.36. The number of unbranched alkanes of at least 4 members (excludes halogenated alkanes) is 3. The van der Waals surface area contributed by atoms with Crippen molar-refractivity contribution in [2.45, 2.75) is 59.3 Å². The van der Waals surface area contributed by atoms with Gasteiger partial charge in [-0.1, -0.05) is 40.0 Å². The molecule has 0 aromatic heterocycles. The van der Waals surface area contributed by atoms with Gasteiger partial charge >= 0.3 is 7.82 Å². The van der Waals surface area contributed by atoms with Crippen LogP contribution in [0, 0.1) is 0 Å². The highest BCUT2D eigenvalue weighted by Gasteiger charge is 2.25. The molecule has 0 saturated carbocycles. The maximum atomic E-state index is 12.2. The highest BCUT2D eigenvalue weighted by molar-refractivity contribution is 7.48. The Morgan fingerprint density at radius 2 is 1.00 bits per heavy atom. The van der Waals surface area contributed by atoms with Gasteiger partial charge in [0, 0.05) is 0 Å². The molecule has 6 nitrogen and oxygen atoms in total. The lowest BCUT2D eigenvalue weighted by molar-refractivity contribution is -0.176. The molecule has 0 aliphatic carbocycles. The lowest BCUT2D eigenvalue weighted by atomic mass is 10.4. The van der Waals surface area contributed by atoms with Gasteiger partial charge in [0.2, 0.25) is 0 Å². The van der Waals surface area contributed by atoms with E-state index in [0.29, 0.717) is 19.8 Å². The van der Waals surface area contributed by atoms with Crippen molar-refractivity contribution in [1.29, 1.82) is 0 Å². The van der Waals surface area contributed by atoms with E-state index < -0.39 is 7.82 Å². The first-order valence-corrected chi connectivity index (χ1v) is 8.38. The summed E-state index contributed by atoms with van der Waals surface area (Å²) >= 11 is 0. The van der Waals surface area contributed by atoms with Gasteiger partial charge in [0.1, 0.15) is 0 Å². The summed E-state index contributed by atoms with van der Waals surface area (Å²) in [6.45, 7) is 7.49. The normalized spacial score (nSPS) is 11.0. The van der Waals surface area contributed by atoms with E-state index in [2.05, 4.69) is 20.8 Å². The second-order valence-electron chi connectivity index (χ2n) is 4.01.